The number of amides is 1. The molecule has 1 amide bonds. The second kappa shape index (κ2) is 8.21. The summed E-state index contributed by atoms with van der Waals surface area (Å²) in [5, 5.41) is 0. The molecule has 0 saturated carbocycles. The average molecular weight is 373 g/mol. The van der Waals surface area contributed by atoms with Crippen LogP contribution in [-0.4, -0.2) is 41.0 Å². The van der Waals surface area contributed by atoms with E-state index in [1.807, 2.05) is 41.3 Å². The molecule has 142 valence electrons. The molecule has 1 aromatic carbocycles. The van der Waals surface area contributed by atoms with Crippen LogP contribution in [0.15, 0.2) is 67.0 Å². The van der Waals surface area contributed by atoms with Crippen LogP contribution in [-0.2, 0) is 0 Å². The fraction of sp³-hybridized carbons (Fsp3) is 0.261. The highest BCUT2D eigenvalue weighted by molar-refractivity contribution is 5.94. The second-order valence-electron chi connectivity index (χ2n) is 6.97. The first-order valence-electron chi connectivity index (χ1n) is 9.56. The Hall–Kier alpha value is -3.21. The molecule has 1 fully saturated rings. The maximum absolute atomic E-state index is 12.8. The number of nitrogens with zero attached hydrogens (tertiary/aromatic N) is 3. The van der Waals surface area contributed by atoms with Crippen molar-refractivity contribution in [2.75, 3.05) is 20.2 Å². The van der Waals surface area contributed by atoms with E-state index in [2.05, 4.69) is 11.1 Å². The number of pyridine rings is 2. The topological polar surface area (TPSA) is 55.3 Å². The number of methoxy groups -OCH3 is 1. The molecule has 1 unspecified atom stereocenters. The van der Waals surface area contributed by atoms with Crippen LogP contribution in [0.2, 0.25) is 0 Å². The third-order valence-electron chi connectivity index (χ3n) is 5.21. The lowest BCUT2D eigenvalue weighted by atomic mass is 9.93. The van der Waals surface area contributed by atoms with Gasteiger partial charge in [0.15, 0.2) is 0 Å². The number of rotatable bonds is 4. The van der Waals surface area contributed by atoms with Gasteiger partial charge in [0.2, 0.25) is 0 Å². The van der Waals surface area contributed by atoms with Crippen molar-refractivity contribution >= 4 is 5.91 Å². The molecule has 1 aliphatic heterocycles. The zero-order valence-electron chi connectivity index (χ0n) is 15.9. The molecule has 0 bridgehead atoms. The lowest BCUT2D eigenvalue weighted by Crippen LogP contribution is -2.39. The van der Waals surface area contributed by atoms with Gasteiger partial charge in [-0.15, -0.1) is 0 Å². The normalized spacial score (nSPS) is 16.6. The largest absolute Gasteiger partial charge is 0.496 e. The molecule has 1 atom stereocenters. The van der Waals surface area contributed by atoms with Crippen molar-refractivity contribution in [3.05, 3.63) is 78.2 Å². The van der Waals surface area contributed by atoms with Gasteiger partial charge in [-0.2, -0.15) is 0 Å². The number of ether oxygens (including phenoxy) is 1. The quantitative estimate of drug-likeness (QED) is 0.689. The van der Waals surface area contributed by atoms with Gasteiger partial charge in [-0.05, 0) is 49.2 Å². The number of para-hydroxylation sites is 1. The first-order valence-corrected chi connectivity index (χ1v) is 9.56. The van der Waals surface area contributed by atoms with Crippen molar-refractivity contribution in [2.24, 2.45) is 0 Å². The van der Waals surface area contributed by atoms with Crippen molar-refractivity contribution in [3.8, 4) is 17.0 Å². The van der Waals surface area contributed by atoms with Crippen molar-refractivity contribution < 1.29 is 9.53 Å². The van der Waals surface area contributed by atoms with Gasteiger partial charge in [-0.25, -0.2) is 0 Å². The predicted octanol–water partition coefficient (Wildman–Crippen LogP) is 4.17. The molecule has 0 spiro atoms. The van der Waals surface area contributed by atoms with Gasteiger partial charge < -0.3 is 9.64 Å². The van der Waals surface area contributed by atoms with E-state index in [-0.39, 0.29) is 11.8 Å². The van der Waals surface area contributed by atoms with Gasteiger partial charge in [0.1, 0.15) is 5.75 Å². The van der Waals surface area contributed by atoms with Gasteiger partial charge in [0.05, 0.1) is 12.8 Å². The summed E-state index contributed by atoms with van der Waals surface area (Å²) in [5.41, 5.74) is 3.59. The summed E-state index contributed by atoms with van der Waals surface area (Å²) in [6.45, 7) is 1.47. The lowest BCUT2D eigenvalue weighted by Gasteiger charge is -2.32. The number of piperidine rings is 1. The van der Waals surface area contributed by atoms with Crippen LogP contribution < -0.4 is 4.74 Å². The fourth-order valence-electron chi connectivity index (χ4n) is 3.77. The lowest BCUT2D eigenvalue weighted by molar-refractivity contribution is 0.0706. The number of carbonyl (C=O) groups is 1. The summed E-state index contributed by atoms with van der Waals surface area (Å²) < 4.78 is 5.48. The molecule has 1 saturated heterocycles. The van der Waals surface area contributed by atoms with Crippen molar-refractivity contribution in [1.29, 1.82) is 0 Å². The molecular formula is C23H23N3O2. The highest BCUT2D eigenvalue weighted by Crippen LogP contribution is 2.31. The Morgan fingerprint density at radius 3 is 2.71 bits per heavy atom. The minimum Gasteiger partial charge on any atom is -0.496 e. The van der Waals surface area contributed by atoms with E-state index in [1.165, 1.54) is 0 Å². The summed E-state index contributed by atoms with van der Waals surface area (Å²) in [5.74, 6) is 1.10. The molecule has 5 nitrogen and oxygen atoms in total. The van der Waals surface area contributed by atoms with Gasteiger partial charge in [-0.1, -0.05) is 18.2 Å². The number of aromatic nitrogens is 2. The smallest absolute Gasteiger partial charge is 0.253 e. The second-order valence-corrected chi connectivity index (χ2v) is 6.97. The van der Waals surface area contributed by atoms with E-state index in [1.54, 1.807) is 31.6 Å². The third kappa shape index (κ3) is 3.74. The molecule has 3 heterocycles. The van der Waals surface area contributed by atoms with Gasteiger partial charge in [0, 0.05) is 48.2 Å². The van der Waals surface area contributed by atoms with Gasteiger partial charge in [-0.3, -0.25) is 14.8 Å². The zero-order valence-corrected chi connectivity index (χ0v) is 15.9. The Morgan fingerprint density at radius 1 is 1.07 bits per heavy atom. The van der Waals surface area contributed by atoms with Crippen molar-refractivity contribution in [1.82, 2.24) is 14.9 Å². The molecule has 2 aromatic heterocycles. The Balaban J connectivity index is 1.57. The maximum Gasteiger partial charge on any atom is 0.253 e. The monoisotopic (exact) mass is 373 g/mol. The summed E-state index contributed by atoms with van der Waals surface area (Å²) in [4.78, 5) is 23.7. The van der Waals surface area contributed by atoms with E-state index in [4.69, 9.17) is 9.72 Å². The Bertz CT molecular complexity index is 959. The highest BCUT2D eigenvalue weighted by atomic mass is 16.5. The van der Waals surface area contributed by atoms with E-state index in [9.17, 15) is 4.79 Å². The van der Waals surface area contributed by atoms with Gasteiger partial charge >= 0.3 is 0 Å². The maximum atomic E-state index is 12.8. The molecule has 1 aliphatic rings. The van der Waals surface area contributed by atoms with Crippen LogP contribution in [0.4, 0.5) is 0 Å². The van der Waals surface area contributed by atoms with Crippen LogP contribution in [0.1, 0.15) is 34.8 Å². The predicted molar refractivity (Wildman–Crippen MR) is 108 cm³/mol. The molecule has 4 rings (SSSR count). The SMILES string of the molecule is COc1ccccc1-c1cccc(C2CCCN(C(=O)c3ccncc3)C2)n1. The van der Waals surface area contributed by atoms with Crippen LogP contribution in [0, 0.1) is 0 Å². The van der Waals surface area contributed by atoms with E-state index in [0.717, 1.165) is 42.1 Å². The summed E-state index contributed by atoms with van der Waals surface area (Å²) in [7, 11) is 1.67. The fourth-order valence-corrected chi connectivity index (χ4v) is 3.77. The Morgan fingerprint density at radius 2 is 1.89 bits per heavy atom. The number of hydrogen-bond acceptors (Lipinski definition) is 4. The standard InChI is InChI=1S/C23H23N3O2/c1-28-22-10-3-2-7-19(22)21-9-4-8-20(25-21)18-6-5-15-26(16-18)23(27)17-11-13-24-14-12-17/h2-4,7-14,18H,5-6,15-16H2,1H3. The zero-order chi connectivity index (χ0) is 19.3. The summed E-state index contributed by atoms with van der Waals surface area (Å²) in [6, 6.07) is 17.5. The summed E-state index contributed by atoms with van der Waals surface area (Å²) >= 11 is 0. The number of likely N-dealkylation sites (tertiary alicyclic amines) is 1. The number of benzene rings is 1. The van der Waals surface area contributed by atoms with Crippen LogP contribution in [0.3, 0.4) is 0 Å². The minimum atomic E-state index is 0.0629. The number of carbonyl (C=O) groups excluding carboxylic acids is 1. The third-order valence-corrected chi connectivity index (χ3v) is 5.21. The van der Waals surface area contributed by atoms with Crippen LogP contribution in [0.25, 0.3) is 11.3 Å². The average Bonchev–Trinajstić information content (AvgIpc) is 2.79. The first-order chi connectivity index (χ1) is 13.8. The van der Waals surface area contributed by atoms with Crippen molar-refractivity contribution in [2.45, 2.75) is 18.8 Å². The highest BCUT2D eigenvalue weighted by Gasteiger charge is 2.26. The van der Waals surface area contributed by atoms with E-state index in [0.29, 0.717) is 12.1 Å². The Labute approximate surface area is 165 Å². The molecule has 3 aromatic rings. The molecule has 0 aliphatic carbocycles. The Kier molecular flexibility index (Phi) is 5.33. The minimum absolute atomic E-state index is 0.0629. The van der Waals surface area contributed by atoms with Crippen LogP contribution in [0.5, 0.6) is 5.75 Å². The summed E-state index contributed by atoms with van der Waals surface area (Å²) in [6.07, 6.45) is 5.32. The molecule has 0 radical (unpaired) electrons. The molecule has 28 heavy (non-hydrogen) atoms. The molecule has 5 heteroatoms. The van der Waals surface area contributed by atoms with Crippen LogP contribution >= 0.6 is 0 Å². The van der Waals surface area contributed by atoms with Crippen molar-refractivity contribution in [3.63, 3.8) is 0 Å². The first kappa shape index (κ1) is 18.2. The molecule has 0 N–H and O–H groups in total. The van der Waals surface area contributed by atoms with E-state index < -0.39 is 0 Å². The molecular weight excluding hydrogens is 350 g/mol. The van der Waals surface area contributed by atoms with E-state index >= 15 is 0 Å². The number of hydrogen-bond donors (Lipinski definition) is 0. The van der Waals surface area contributed by atoms with Gasteiger partial charge in [0.25, 0.3) is 5.91 Å².